The van der Waals surface area contributed by atoms with Gasteiger partial charge < -0.3 is 14.6 Å². The summed E-state index contributed by atoms with van der Waals surface area (Å²) in [5, 5.41) is 15.0. The number of nitrogens with one attached hydrogen (secondary N) is 2. The highest BCUT2D eigenvalue weighted by Crippen LogP contribution is 2.31. The summed E-state index contributed by atoms with van der Waals surface area (Å²) in [7, 11) is 0. The summed E-state index contributed by atoms with van der Waals surface area (Å²) in [6.45, 7) is 7.59. The van der Waals surface area contributed by atoms with Gasteiger partial charge in [0.2, 0.25) is 11.8 Å². The molecule has 3 atom stereocenters. The molecular formula is C19H27N7O3S. The van der Waals surface area contributed by atoms with Crippen LogP contribution in [0.2, 0.25) is 0 Å². The Morgan fingerprint density at radius 1 is 1.43 bits per heavy atom. The molecular weight excluding hydrogens is 406 g/mol. The SMILES string of the molecule is CC(C)Oc1c(-c2cn[nH]c2)ccc2nc(N[C@H]3CCN(CS(=O)O)C[C@H]3C)nn12. The number of H-pyrrole nitrogens is 1. The van der Waals surface area contributed by atoms with Crippen LogP contribution in [0.25, 0.3) is 16.8 Å². The molecule has 1 aliphatic rings. The number of aromatic amines is 1. The largest absolute Gasteiger partial charge is 0.474 e. The molecule has 4 rings (SSSR count). The van der Waals surface area contributed by atoms with Gasteiger partial charge in [0.15, 0.2) is 16.7 Å². The average Bonchev–Trinajstić information content (AvgIpc) is 3.33. The third-order valence-corrected chi connectivity index (χ3v) is 5.79. The molecule has 1 fully saturated rings. The molecule has 0 aliphatic carbocycles. The highest BCUT2D eigenvalue weighted by Gasteiger charge is 2.28. The lowest BCUT2D eigenvalue weighted by molar-refractivity contribution is 0.194. The van der Waals surface area contributed by atoms with Crippen LogP contribution in [0.3, 0.4) is 0 Å². The number of fused-ring (bicyclic) bond motifs is 1. The van der Waals surface area contributed by atoms with Crippen molar-refractivity contribution in [2.45, 2.75) is 39.3 Å². The van der Waals surface area contributed by atoms with Crippen LogP contribution in [0.1, 0.15) is 27.2 Å². The first kappa shape index (κ1) is 20.8. The van der Waals surface area contributed by atoms with E-state index in [4.69, 9.17) is 9.29 Å². The third kappa shape index (κ3) is 4.47. The van der Waals surface area contributed by atoms with Gasteiger partial charge in [-0.25, -0.2) is 4.21 Å². The molecule has 0 bridgehead atoms. The molecule has 0 saturated carbocycles. The Kier molecular flexibility index (Phi) is 6.02. The number of anilines is 1. The van der Waals surface area contributed by atoms with Crippen molar-refractivity contribution in [1.29, 1.82) is 0 Å². The van der Waals surface area contributed by atoms with E-state index in [9.17, 15) is 4.21 Å². The van der Waals surface area contributed by atoms with E-state index in [1.807, 2.05) is 37.1 Å². The fourth-order valence-electron chi connectivity index (χ4n) is 3.83. The first-order valence-corrected chi connectivity index (χ1v) is 11.3. The summed E-state index contributed by atoms with van der Waals surface area (Å²) in [4.78, 5) is 6.65. The van der Waals surface area contributed by atoms with Crippen LogP contribution >= 0.6 is 0 Å². The van der Waals surface area contributed by atoms with Crippen LogP contribution in [0.15, 0.2) is 24.5 Å². The summed E-state index contributed by atoms with van der Waals surface area (Å²) in [5.74, 6) is 1.65. The Bertz CT molecular complexity index is 1020. The quantitative estimate of drug-likeness (QED) is 0.485. The summed E-state index contributed by atoms with van der Waals surface area (Å²) in [6, 6.07) is 4.07. The van der Waals surface area contributed by atoms with Gasteiger partial charge in [0.25, 0.3) is 0 Å². The molecule has 3 aromatic heterocycles. The predicted octanol–water partition coefficient (Wildman–Crippen LogP) is 2.21. The van der Waals surface area contributed by atoms with Gasteiger partial charge >= 0.3 is 0 Å². The second kappa shape index (κ2) is 8.70. The van der Waals surface area contributed by atoms with E-state index in [-0.39, 0.29) is 18.0 Å². The number of nitrogens with zero attached hydrogens (tertiary/aromatic N) is 5. The van der Waals surface area contributed by atoms with Crippen molar-refractivity contribution >= 4 is 22.7 Å². The van der Waals surface area contributed by atoms with Crippen LogP contribution in [0, 0.1) is 5.92 Å². The van der Waals surface area contributed by atoms with Crippen molar-refractivity contribution in [2.75, 3.05) is 24.3 Å². The van der Waals surface area contributed by atoms with E-state index < -0.39 is 11.1 Å². The van der Waals surface area contributed by atoms with Crippen LogP contribution in [0.4, 0.5) is 5.95 Å². The van der Waals surface area contributed by atoms with E-state index in [0.29, 0.717) is 23.4 Å². The number of ether oxygens (including phenoxy) is 1. The molecule has 0 radical (unpaired) electrons. The minimum absolute atomic E-state index is 0.0247. The molecule has 1 aliphatic heterocycles. The zero-order valence-corrected chi connectivity index (χ0v) is 18.1. The Hall–Kier alpha value is -2.50. The maximum atomic E-state index is 11.1. The maximum Gasteiger partial charge on any atom is 0.243 e. The predicted molar refractivity (Wildman–Crippen MR) is 115 cm³/mol. The molecule has 11 heteroatoms. The van der Waals surface area contributed by atoms with Crippen LogP contribution in [-0.2, 0) is 11.1 Å². The lowest BCUT2D eigenvalue weighted by Crippen LogP contribution is -2.46. The van der Waals surface area contributed by atoms with Gasteiger partial charge in [0, 0.05) is 36.5 Å². The monoisotopic (exact) mass is 433 g/mol. The Balaban J connectivity index is 1.58. The molecule has 0 aromatic carbocycles. The molecule has 1 unspecified atom stereocenters. The lowest BCUT2D eigenvalue weighted by Gasteiger charge is -2.36. The summed E-state index contributed by atoms with van der Waals surface area (Å²) in [5.41, 5.74) is 2.50. The normalized spacial score (nSPS) is 21.2. The van der Waals surface area contributed by atoms with Gasteiger partial charge in [-0.1, -0.05) is 6.92 Å². The number of piperidine rings is 1. The highest BCUT2D eigenvalue weighted by molar-refractivity contribution is 7.79. The number of hydrogen-bond acceptors (Lipinski definition) is 7. The molecule has 1 saturated heterocycles. The zero-order valence-electron chi connectivity index (χ0n) is 17.3. The van der Waals surface area contributed by atoms with Crippen LogP contribution in [-0.4, -0.2) is 69.6 Å². The third-order valence-electron chi connectivity index (χ3n) is 5.21. The van der Waals surface area contributed by atoms with Gasteiger partial charge in [-0.3, -0.25) is 10.00 Å². The fourth-order valence-corrected chi connectivity index (χ4v) is 4.37. The highest BCUT2D eigenvalue weighted by atomic mass is 32.2. The van der Waals surface area contributed by atoms with Gasteiger partial charge in [-0.2, -0.15) is 14.6 Å². The fraction of sp³-hybridized carbons (Fsp3) is 0.526. The van der Waals surface area contributed by atoms with E-state index in [0.717, 1.165) is 30.6 Å². The van der Waals surface area contributed by atoms with Crippen molar-refractivity contribution in [3.8, 4) is 17.0 Å². The average molecular weight is 434 g/mol. The first-order chi connectivity index (χ1) is 14.4. The van der Waals surface area contributed by atoms with E-state index in [2.05, 4.69) is 32.5 Å². The molecule has 3 aromatic rings. The maximum absolute atomic E-state index is 11.1. The minimum atomic E-state index is -1.80. The van der Waals surface area contributed by atoms with Gasteiger partial charge in [0.05, 0.1) is 12.3 Å². The smallest absolute Gasteiger partial charge is 0.243 e. The van der Waals surface area contributed by atoms with Crippen LogP contribution < -0.4 is 10.1 Å². The number of hydrogen-bond donors (Lipinski definition) is 3. The Morgan fingerprint density at radius 3 is 2.93 bits per heavy atom. The first-order valence-electron chi connectivity index (χ1n) is 10.0. The molecule has 3 N–H and O–H groups in total. The molecule has 0 spiro atoms. The van der Waals surface area contributed by atoms with E-state index in [1.54, 1.807) is 10.7 Å². The van der Waals surface area contributed by atoms with E-state index in [1.165, 1.54) is 0 Å². The van der Waals surface area contributed by atoms with Crippen LogP contribution in [0.5, 0.6) is 5.88 Å². The van der Waals surface area contributed by atoms with Crippen molar-refractivity contribution in [2.24, 2.45) is 5.92 Å². The standard InChI is InChI=1S/C19H27N7O3S/c1-12(2)29-18-15(14-8-20-21-9-14)4-5-17-23-19(24-26(17)18)22-16-6-7-25(10-13(16)3)11-30(27)28/h4-5,8-9,12-13,16H,6-7,10-11H2,1-3H3,(H,20,21)(H,22,24)(H,27,28)/t13-,16+/m1/s1. The minimum Gasteiger partial charge on any atom is -0.474 e. The van der Waals surface area contributed by atoms with Gasteiger partial charge in [-0.05, 0) is 38.3 Å². The van der Waals surface area contributed by atoms with Crippen molar-refractivity contribution in [1.82, 2.24) is 29.7 Å². The summed E-state index contributed by atoms with van der Waals surface area (Å²) >= 11 is -1.80. The second-order valence-electron chi connectivity index (χ2n) is 7.96. The molecule has 4 heterocycles. The molecule has 162 valence electrons. The number of likely N-dealkylation sites (tertiary alicyclic amines) is 1. The molecule has 0 amide bonds. The second-order valence-corrected chi connectivity index (χ2v) is 8.86. The number of pyridine rings is 1. The van der Waals surface area contributed by atoms with Gasteiger partial charge in [0.1, 0.15) is 5.88 Å². The zero-order chi connectivity index (χ0) is 21.3. The summed E-state index contributed by atoms with van der Waals surface area (Å²) in [6.07, 6.45) is 4.39. The van der Waals surface area contributed by atoms with Crippen molar-refractivity contribution < 1.29 is 13.5 Å². The number of rotatable bonds is 7. The topological polar surface area (TPSA) is 121 Å². The Labute approximate surface area is 177 Å². The molecule has 30 heavy (non-hydrogen) atoms. The van der Waals surface area contributed by atoms with Crippen molar-refractivity contribution in [3.63, 3.8) is 0 Å². The van der Waals surface area contributed by atoms with E-state index >= 15 is 0 Å². The Morgan fingerprint density at radius 2 is 2.27 bits per heavy atom. The van der Waals surface area contributed by atoms with Gasteiger partial charge in [-0.15, -0.1) is 5.10 Å². The summed E-state index contributed by atoms with van der Waals surface area (Å²) < 4.78 is 28.0. The lowest BCUT2D eigenvalue weighted by atomic mass is 9.94. The number of aromatic nitrogens is 5. The molecule has 10 nitrogen and oxygen atoms in total. The van der Waals surface area contributed by atoms with Crippen molar-refractivity contribution in [3.05, 3.63) is 24.5 Å².